The Hall–Kier alpha value is -2.80. The molecule has 7 heteroatoms. The molecule has 2 aromatic heterocycles. The van der Waals surface area contributed by atoms with Crippen LogP contribution in [0.3, 0.4) is 0 Å². The third-order valence-electron chi connectivity index (χ3n) is 5.53. The normalized spacial score (nSPS) is 18.7. The van der Waals surface area contributed by atoms with Gasteiger partial charge in [-0.2, -0.15) is 0 Å². The van der Waals surface area contributed by atoms with Crippen LogP contribution in [-0.4, -0.2) is 65.2 Å². The van der Waals surface area contributed by atoms with Crippen LogP contribution in [0, 0.1) is 5.82 Å². The molecule has 138 valence electrons. The van der Waals surface area contributed by atoms with Gasteiger partial charge in [0, 0.05) is 63.4 Å². The number of benzene rings is 1. The number of piperazine rings is 1. The van der Waals surface area contributed by atoms with E-state index in [9.17, 15) is 4.39 Å². The summed E-state index contributed by atoms with van der Waals surface area (Å²) < 4.78 is 13.1. The van der Waals surface area contributed by atoms with Crippen molar-refractivity contribution in [2.45, 2.75) is 6.04 Å². The van der Waals surface area contributed by atoms with Crippen molar-refractivity contribution < 1.29 is 4.39 Å². The Morgan fingerprint density at radius 2 is 1.56 bits per heavy atom. The van der Waals surface area contributed by atoms with E-state index in [4.69, 9.17) is 0 Å². The van der Waals surface area contributed by atoms with Crippen LogP contribution in [0.15, 0.2) is 48.8 Å². The number of pyridine rings is 1. The van der Waals surface area contributed by atoms with E-state index < -0.39 is 0 Å². The molecule has 0 spiro atoms. The van der Waals surface area contributed by atoms with Gasteiger partial charge >= 0.3 is 0 Å². The molecule has 1 aromatic carbocycles. The van der Waals surface area contributed by atoms with Crippen molar-refractivity contribution in [2.75, 3.05) is 49.1 Å². The predicted octanol–water partition coefficient (Wildman–Crippen LogP) is 2.17. The topological polar surface area (TPSA) is 48.4 Å². The highest BCUT2D eigenvalue weighted by Gasteiger charge is 2.34. The minimum atomic E-state index is -0.180. The first-order valence-corrected chi connectivity index (χ1v) is 9.33. The summed E-state index contributed by atoms with van der Waals surface area (Å²) in [5, 5.41) is 0. The van der Waals surface area contributed by atoms with Crippen molar-refractivity contribution in [3.05, 3.63) is 54.6 Å². The van der Waals surface area contributed by atoms with Gasteiger partial charge in [0.25, 0.3) is 0 Å². The molecule has 5 rings (SSSR count). The van der Waals surface area contributed by atoms with Crippen molar-refractivity contribution in [1.82, 2.24) is 19.9 Å². The number of hydrogen-bond acceptors (Lipinski definition) is 6. The van der Waals surface area contributed by atoms with Gasteiger partial charge < -0.3 is 9.80 Å². The van der Waals surface area contributed by atoms with Gasteiger partial charge in [-0.25, -0.2) is 14.4 Å². The first-order chi connectivity index (χ1) is 13.3. The fourth-order valence-corrected chi connectivity index (χ4v) is 3.89. The minimum absolute atomic E-state index is 0.180. The fourth-order valence-electron chi connectivity index (χ4n) is 3.89. The van der Waals surface area contributed by atoms with Crippen LogP contribution in [0.1, 0.15) is 0 Å². The van der Waals surface area contributed by atoms with Crippen LogP contribution in [0.5, 0.6) is 0 Å². The van der Waals surface area contributed by atoms with E-state index in [-0.39, 0.29) is 5.82 Å². The molecule has 0 bridgehead atoms. The number of nitrogens with zero attached hydrogens (tertiary/aromatic N) is 6. The second kappa shape index (κ2) is 6.74. The maximum Gasteiger partial charge on any atom is 0.180 e. The number of fused-ring (bicyclic) bond motifs is 1. The minimum Gasteiger partial charge on any atom is -0.369 e. The molecule has 2 aliphatic heterocycles. The average Bonchev–Trinajstić information content (AvgIpc) is 2.68. The lowest BCUT2D eigenvalue weighted by atomic mass is 10.1. The highest BCUT2D eigenvalue weighted by Crippen LogP contribution is 2.25. The molecule has 2 fully saturated rings. The molecule has 4 heterocycles. The summed E-state index contributed by atoms with van der Waals surface area (Å²) in [5.41, 5.74) is 2.63. The predicted molar refractivity (Wildman–Crippen MR) is 104 cm³/mol. The van der Waals surface area contributed by atoms with Crippen molar-refractivity contribution in [3.8, 4) is 0 Å². The van der Waals surface area contributed by atoms with E-state index in [1.165, 1.54) is 12.1 Å². The molecule has 0 unspecified atom stereocenters. The van der Waals surface area contributed by atoms with Crippen LogP contribution in [0.25, 0.3) is 11.2 Å². The van der Waals surface area contributed by atoms with Gasteiger partial charge in [-0.15, -0.1) is 0 Å². The molecule has 0 radical (unpaired) electrons. The zero-order valence-electron chi connectivity index (χ0n) is 15.0. The van der Waals surface area contributed by atoms with E-state index in [0.717, 1.165) is 56.3 Å². The van der Waals surface area contributed by atoms with E-state index in [2.05, 4.69) is 29.7 Å². The van der Waals surface area contributed by atoms with E-state index in [1.54, 1.807) is 12.4 Å². The van der Waals surface area contributed by atoms with E-state index >= 15 is 0 Å². The second-order valence-electron chi connectivity index (χ2n) is 7.13. The Morgan fingerprint density at radius 1 is 0.815 bits per heavy atom. The quantitative estimate of drug-likeness (QED) is 0.710. The van der Waals surface area contributed by atoms with Crippen LogP contribution in [-0.2, 0) is 0 Å². The van der Waals surface area contributed by atoms with Crippen molar-refractivity contribution in [3.63, 3.8) is 0 Å². The zero-order chi connectivity index (χ0) is 18.2. The number of aromatic nitrogens is 3. The monoisotopic (exact) mass is 364 g/mol. The summed E-state index contributed by atoms with van der Waals surface area (Å²) in [6.07, 6.45) is 3.37. The molecule has 0 saturated carbocycles. The molecule has 0 atom stereocenters. The zero-order valence-corrected chi connectivity index (χ0v) is 15.0. The van der Waals surface area contributed by atoms with Crippen LogP contribution in [0.4, 0.5) is 15.9 Å². The molecule has 3 aromatic rings. The Balaban J connectivity index is 1.17. The molecule has 6 nitrogen and oxygen atoms in total. The number of anilines is 2. The summed E-state index contributed by atoms with van der Waals surface area (Å²) in [6, 6.07) is 11.4. The SMILES string of the molecule is Fc1ccc(N2CCN(C3CN(c4ccc5nccnc5n4)C3)CC2)cc1. The summed E-state index contributed by atoms with van der Waals surface area (Å²) >= 11 is 0. The van der Waals surface area contributed by atoms with Crippen molar-refractivity contribution in [1.29, 1.82) is 0 Å². The Labute approximate surface area is 157 Å². The Morgan fingerprint density at radius 3 is 2.33 bits per heavy atom. The number of halogens is 1. The maximum atomic E-state index is 13.1. The fraction of sp³-hybridized carbons (Fsp3) is 0.350. The summed E-state index contributed by atoms with van der Waals surface area (Å²) in [7, 11) is 0. The first-order valence-electron chi connectivity index (χ1n) is 9.33. The third-order valence-corrected chi connectivity index (χ3v) is 5.53. The first kappa shape index (κ1) is 16.4. The van der Waals surface area contributed by atoms with Gasteiger partial charge in [0.2, 0.25) is 0 Å². The summed E-state index contributed by atoms with van der Waals surface area (Å²) in [5.74, 6) is 0.796. The van der Waals surface area contributed by atoms with Crippen molar-refractivity contribution in [2.24, 2.45) is 0 Å². The molecule has 0 amide bonds. The maximum absolute atomic E-state index is 13.1. The van der Waals surface area contributed by atoms with Gasteiger partial charge in [0.15, 0.2) is 5.65 Å². The third kappa shape index (κ3) is 3.19. The lowest BCUT2D eigenvalue weighted by Gasteiger charge is -2.49. The summed E-state index contributed by atoms with van der Waals surface area (Å²) in [4.78, 5) is 20.4. The van der Waals surface area contributed by atoms with Gasteiger partial charge in [0.05, 0.1) is 0 Å². The molecule has 0 N–H and O–H groups in total. The van der Waals surface area contributed by atoms with Crippen LogP contribution < -0.4 is 9.80 Å². The smallest absolute Gasteiger partial charge is 0.180 e. The van der Waals surface area contributed by atoms with Gasteiger partial charge in [-0.05, 0) is 36.4 Å². The lowest BCUT2D eigenvalue weighted by Crippen LogP contribution is -2.63. The van der Waals surface area contributed by atoms with Crippen LogP contribution in [0.2, 0.25) is 0 Å². The summed E-state index contributed by atoms with van der Waals surface area (Å²) in [6.45, 7) is 6.02. The van der Waals surface area contributed by atoms with Gasteiger partial charge in [-0.1, -0.05) is 0 Å². The lowest BCUT2D eigenvalue weighted by molar-refractivity contribution is 0.157. The molecule has 27 heavy (non-hydrogen) atoms. The van der Waals surface area contributed by atoms with E-state index in [0.29, 0.717) is 11.7 Å². The average molecular weight is 364 g/mol. The second-order valence-corrected chi connectivity index (χ2v) is 7.13. The molecule has 0 aliphatic carbocycles. The Bertz CT molecular complexity index is 933. The number of hydrogen-bond donors (Lipinski definition) is 0. The van der Waals surface area contributed by atoms with Crippen molar-refractivity contribution >= 4 is 22.7 Å². The highest BCUT2D eigenvalue weighted by molar-refractivity contribution is 5.71. The van der Waals surface area contributed by atoms with Gasteiger partial charge in [0.1, 0.15) is 17.2 Å². The molecule has 2 aliphatic rings. The molecule has 2 saturated heterocycles. The Kier molecular flexibility index (Phi) is 4.09. The molecular weight excluding hydrogens is 343 g/mol. The largest absolute Gasteiger partial charge is 0.369 e. The highest BCUT2D eigenvalue weighted by atomic mass is 19.1. The number of rotatable bonds is 3. The molecular formula is C20H21FN6. The standard InChI is InChI=1S/C20H21FN6/c21-15-1-3-16(4-2-15)25-9-11-26(12-10-25)17-13-27(14-17)19-6-5-18-20(24-19)23-8-7-22-18/h1-8,17H,9-14H2. The van der Waals surface area contributed by atoms with Gasteiger partial charge in [-0.3, -0.25) is 9.88 Å². The van der Waals surface area contributed by atoms with E-state index in [1.807, 2.05) is 24.3 Å². The van der Waals surface area contributed by atoms with Crippen LogP contribution >= 0.6 is 0 Å².